The van der Waals surface area contributed by atoms with Crippen molar-refractivity contribution < 1.29 is 14.3 Å². The van der Waals surface area contributed by atoms with Crippen molar-refractivity contribution in [2.24, 2.45) is 23.2 Å². The van der Waals surface area contributed by atoms with Crippen LogP contribution in [0.3, 0.4) is 0 Å². The molecule has 3 aliphatic carbocycles. The number of rotatable bonds is 7. The fraction of sp³-hybridized carbons (Fsp3) is 0.625. The third-order valence-corrected chi connectivity index (χ3v) is 8.59. The predicted octanol–water partition coefficient (Wildman–Crippen LogP) is 4.14. The SMILES string of the molecule is O=C1CC[C@@H](CCNCc2cc3c(cc2Cl)OCO3)N1C[C@H]1C[C@H]2C=C[C@H]1C21CC1. The molecule has 1 spiro atoms. The Balaban J connectivity index is 1.03. The fourth-order valence-corrected chi connectivity index (χ4v) is 6.74. The molecule has 2 bridgehead atoms. The number of carbonyl (C=O) groups excluding carboxylic acids is 1. The summed E-state index contributed by atoms with van der Waals surface area (Å²) in [4.78, 5) is 14.8. The van der Waals surface area contributed by atoms with Gasteiger partial charge < -0.3 is 19.7 Å². The summed E-state index contributed by atoms with van der Waals surface area (Å²) in [5, 5.41) is 4.21. The maximum absolute atomic E-state index is 12.6. The Morgan fingerprint density at radius 3 is 2.83 bits per heavy atom. The maximum Gasteiger partial charge on any atom is 0.231 e. The number of benzene rings is 1. The quantitative estimate of drug-likeness (QED) is 0.523. The number of fused-ring (bicyclic) bond motifs is 1. The van der Waals surface area contributed by atoms with E-state index in [1.807, 2.05) is 12.1 Å². The predicted molar refractivity (Wildman–Crippen MR) is 115 cm³/mol. The molecule has 2 saturated carbocycles. The number of amides is 1. The number of carbonyl (C=O) groups is 1. The van der Waals surface area contributed by atoms with Gasteiger partial charge in [0.25, 0.3) is 0 Å². The number of allylic oxidation sites excluding steroid dienone is 2. The molecule has 5 aliphatic rings. The van der Waals surface area contributed by atoms with E-state index < -0.39 is 0 Å². The third-order valence-electron chi connectivity index (χ3n) is 8.24. The molecule has 6 rings (SSSR count). The minimum atomic E-state index is 0.258. The van der Waals surface area contributed by atoms with Crippen molar-refractivity contribution >= 4 is 17.5 Å². The third kappa shape index (κ3) is 3.04. The van der Waals surface area contributed by atoms with E-state index in [9.17, 15) is 4.79 Å². The average Bonchev–Trinajstić information content (AvgIpc) is 2.95. The Labute approximate surface area is 182 Å². The number of likely N-dealkylation sites (tertiary alicyclic amines) is 1. The minimum absolute atomic E-state index is 0.258. The van der Waals surface area contributed by atoms with Gasteiger partial charge in [0.2, 0.25) is 12.7 Å². The Kier molecular flexibility index (Phi) is 4.54. The molecule has 3 fully saturated rings. The average molecular weight is 429 g/mol. The highest BCUT2D eigenvalue weighted by molar-refractivity contribution is 6.31. The summed E-state index contributed by atoms with van der Waals surface area (Å²) in [6, 6.07) is 4.16. The summed E-state index contributed by atoms with van der Waals surface area (Å²) in [5.74, 6) is 4.02. The van der Waals surface area contributed by atoms with Crippen LogP contribution in [0.15, 0.2) is 24.3 Å². The van der Waals surface area contributed by atoms with Gasteiger partial charge in [0.05, 0.1) is 0 Å². The summed E-state index contributed by atoms with van der Waals surface area (Å²) in [6.45, 7) is 2.79. The molecule has 0 aromatic heterocycles. The van der Waals surface area contributed by atoms with Crippen LogP contribution in [0, 0.1) is 23.2 Å². The summed E-state index contributed by atoms with van der Waals surface area (Å²) < 4.78 is 10.8. The number of hydrogen-bond acceptors (Lipinski definition) is 4. The van der Waals surface area contributed by atoms with Crippen molar-refractivity contribution in [3.05, 3.63) is 34.9 Å². The van der Waals surface area contributed by atoms with Gasteiger partial charge in [-0.3, -0.25) is 4.79 Å². The van der Waals surface area contributed by atoms with Crippen LogP contribution < -0.4 is 14.8 Å². The number of halogens is 1. The number of nitrogens with zero attached hydrogens (tertiary/aromatic N) is 1. The second-order valence-electron chi connectivity index (χ2n) is 9.75. The van der Waals surface area contributed by atoms with E-state index in [1.54, 1.807) is 0 Å². The molecule has 4 atom stereocenters. The van der Waals surface area contributed by atoms with E-state index >= 15 is 0 Å². The van der Waals surface area contributed by atoms with Crippen LogP contribution >= 0.6 is 11.6 Å². The van der Waals surface area contributed by atoms with E-state index in [0.29, 0.717) is 47.0 Å². The Morgan fingerprint density at radius 1 is 1.20 bits per heavy atom. The Morgan fingerprint density at radius 2 is 2.03 bits per heavy atom. The van der Waals surface area contributed by atoms with Gasteiger partial charge in [0.15, 0.2) is 11.5 Å². The molecule has 1 saturated heterocycles. The van der Waals surface area contributed by atoms with Crippen molar-refractivity contribution in [3.63, 3.8) is 0 Å². The lowest BCUT2D eigenvalue weighted by Gasteiger charge is -2.30. The highest BCUT2D eigenvalue weighted by Gasteiger charge is 2.62. The van der Waals surface area contributed by atoms with E-state index in [0.717, 1.165) is 49.1 Å². The normalized spacial score (nSPS) is 32.0. The molecule has 5 nitrogen and oxygen atoms in total. The lowest BCUT2D eigenvalue weighted by atomic mass is 9.88. The van der Waals surface area contributed by atoms with Gasteiger partial charge in [-0.2, -0.15) is 0 Å². The first-order valence-corrected chi connectivity index (χ1v) is 11.8. The molecular formula is C24H29ClN2O3. The molecule has 30 heavy (non-hydrogen) atoms. The van der Waals surface area contributed by atoms with Crippen LogP contribution in [-0.2, 0) is 11.3 Å². The second kappa shape index (κ2) is 7.16. The Bertz CT molecular complexity index is 897. The zero-order chi connectivity index (χ0) is 20.3. The topological polar surface area (TPSA) is 50.8 Å². The van der Waals surface area contributed by atoms with E-state index in [4.69, 9.17) is 21.1 Å². The molecule has 0 unspecified atom stereocenters. The van der Waals surface area contributed by atoms with Crippen LogP contribution in [0.5, 0.6) is 11.5 Å². The number of nitrogens with one attached hydrogen (secondary N) is 1. The smallest absolute Gasteiger partial charge is 0.231 e. The van der Waals surface area contributed by atoms with E-state index in [1.165, 1.54) is 19.3 Å². The number of ether oxygens (including phenoxy) is 2. The van der Waals surface area contributed by atoms with Crippen LogP contribution in [0.25, 0.3) is 0 Å². The lowest BCUT2D eigenvalue weighted by molar-refractivity contribution is -0.129. The van der Waals surface area contributed by atoms with Crippen LogP contribution in [0.4, 0.5) is 0 Å². The van der Waals surface area contributed by atoms with E-state index in [2.05, 4.69) is 22.4 Å². The zero-order valence-electron chi connectivity index (χ0n) is 17.2. The van der Waals surface area contributed by atoms with Gasteiger partial charge in [0, 0.05) is 36.6 Å². The van der Waals surface area contributed by atoms with Gasteiger partial charge in [-0.15, -0.1) is 0 Å². The van der Waals surface area contributed by atoms with Crippen molar-refractivity contribution in [2.45, 2.75) is 51.1 Å². The molecule has 1 aromatic carbocycles. The molecule has 2 aliphatic heterocycles. The molecule has 160 valence electrons. The van der Waals surface area contributed by atoms with Crippen molar-refractivity contribution in [3.8, 4) is 11.5 Å². The molecule has 6 heteroatoms. The number of hydrogen-bond donors (Lipinski definition) is 1. The van der Waals surface area contributed by atoms with Crippen molar-refractivity contribution in [1.82, 2.24) is 10.2 Å². The molecule has 1 amide bonds. The maximum atomic E-state index is 12.6. The first-order chi connectivity index (χ1) is 14.6. The van der Waals surface area contributed by atoms with Crippen LogP contribution in [-0.4, -0.2) is 36.7 Å². The molecule has 0 radical (unpaired) electrons. The first kappa shape index (κ1) is 19.0. The summed E-state index contributed by atoms with van der Waals surface area (Å²) in [5.41, 5.74) is 1.62. The minimum Gasteiger partial charge on any atom is -0.454 e. The van der Waals surface area contributed by atoms with Gasteiger partial charge >= 0.3 is 0 Å². The van der Waals surface area contributed by atoms with E-state index in [-0.39, 0.29) is 6.79 Å². The second-order valence-corrected chi connectivity index (χ2v) is 10.2. The molecule has 1 aromatic rings. The summed E-state index contributed by atoms with van der Waals surface area (Å²) in [7, 11) is 0. The fourth-order valence-electron chi connectivity index (χ4n) is 6.52. The summed E-state index contributed by atoms with van der Waals surface area (Å²) >= 11 is 6.38. The first-order valence-electron chi connectivity index (χ1n) is 11.4. The standard InChI is InChI=1S/C24H29ClN2O3/c25-20-11-22-21(29-14-30-22)10-15(20)12-26-8-5-18-2-4-23(28)27(18)13-16-9-17-1-3-19(16)24(17)6-7-24/h1,3,10-11,16-19,26H,2,4-9,12-14H2/t16-,17-,18+,19-/m1/s1. The van der Waals surface area contributed by atoms with Gasteiger partial charge in [-0.05, 0) is 73.4 Å². The van der Waals surface area contributed by atoms with Gasteiger partial charge in [-0.25, -0.2) is 0 Å². The summed E-state index contributed by atoms with van der Waals surface area (Å²) in [6.07, 6.45) is 11.7. The Hall–Kier alpha value is -1.72. The molecule has 2 heterocycles. The highest BCUT2D eigenvalue weighted by atomic mass is 35.5. The highest BCUT2D eigenvalue weighted by Crippen LogP contribution is 2.70. The zero-order valence-corrected chi connectivity index (χ0v) is 18.0. The molecule has 1 N–H and O–H groups in total. The van der Waals surface area contributed by atoms with Crippen molar-refractivity contribution in [2.75, 3.05) is 19.9 Å². The van der Waals surface area contributed by atoms with Crippen LogP contribution in [0.1, 0.15) is 44.1 Å². The van der Waals surface area contributed by atoms with Gasteiger partial charge in [0.1, 0.15) is 0 Å². The van der Waals surface area contributed by atoms with Gasteiger partial charge in [-0.1, -0.05) is 23.8 Å². The van der Waals surface area contributed by atoms with Crippen LogP contribution in [0.2, 0.25) is 5.02 Å². The lowest BCUT2D eigenvalue weighted by Crippen LogP contribution is -2.39. The monoisotopic (exact) mass is 428 g/mol. The van der Waals surface area contributed by atoms with Crippen molar-refractivity contribution in [1.29, 1.82) is 0 Å². The largest absolute Gasteiger partial charge is 0.454 e. The molecular weight excluding hydrogens is 400 g/mol.